The van der Waals surface area contributed by atoms with Crippen LogP contribution in [-0.2, 0) is 20.9 Å². The molecule has 0 aromatic heterocycles. The molecule has 2 heterocycles. The van der Waals surface area contributed by atoms with Gasteiger partial charge in [0.25, 0.3) is 0 Å². The molecule has 274 valence electrons. The summed E-state index contributed by atoms with van der Waals surface area (Å²) in [6, 6.07) is 16.2. The van der Waals surface area contributed by atoms with E-state index in [4.69, 9.17) is 0 Å². The maximum atomic E-state index is 13.8. The average molecular weight is 688 g/mol. The third-order valence-electron chi connectivity index (χ3n) is 9.93. The zero-order valence-electron chi connectivity index (χ0n) is 30.8. The Balaban J connectivity index is 1.31. The third kappa shape index (κ3) is 11.6. The molecule has 2 aliphatic rings. The van der Waals surface area contributed by atoms with Crippen molar-refractivity contribution in [3.8, 4) is 0 Å². The molecule has 0 aliphatic carbocycles. The number of unbranched alkanes of at least 4 members (excludes halogenated alkanes) is 5. The van der Waals surface area contributed by atoms with Crippen LogP contribution in [0.4, 0.5) is 5.69 Å². The lowest BCUT2D eigenvalue weighted by Gasteiger charge is -2.31. The molecule has 10 heteroatoms. The van der Waals surface area contributed by atoms with Gasteiger partial charge in [0.2, 0.25) is 17.7 Å². The minimum absolute atomic E-state index is 0.0843. The van der Waals surface area contributed by atoms with Crippen molar-refractivity contribution in [1.29, 1.82) is 0 Å². The zero-order chi connectivity index (χ0) is 35.6. The number of para-hydroxylation sites is 1. The van der Waals surface area contributed by atoms with E-state index in [0.29, 0.717) is 26.1 Å². The van der Waals surface area contributed by atoms with Crippen molar-refractivity contribution in [2.45, 2.75) is 111 Å². The number of carbonyl (C=O) groups excluding carboxylic acids is 3. The molecule has 10 nitrogen and oxygen atoms in total. The maximum Gasteiger partial charge on any atom is 0.227 e. The van der Waals surface area contributed by atoms with Gasteiger partial charge >= 0.3 is 0 Å². The Labute approximate surface area is 300 Å². The van der Waals surface area contributed by atoms with Gasteiger partial charge in [-0.1, -0.05) is 108 Å². The first kappa shape index (κ1) is 38.9. The van der Waals surface area contributed by atoms with E-state index < -0.39 is 0 Å². The molecule has 0 bridgehead atoms. The smallest absolute Gasteiger partial charge is 0.227 e. The second-order valence-corrected chi connectivity index (χ2v) is 13.5. The number of nitrogens with zero attached hydrogens (tertiary/aromatic N) is 2. The van der Waals surface area contributed by atoms with Crippen LogP contribution in [0.3, 0.4) is 0 Å². The number of amides is 3. The molecule has 2 aromatic rings. The van der Waals surface area contributed by atoms with E-state index in [1.165, 1.54) is 38.5 Å². The normalized spacial score (nSPS) is 13.7. The Morgan fingerprint density at radius 3 is 2.24 bits per heavy atom. The summed E-state index contributed by atoms with van der Waals surface area (Å²) in [5.41, 5.74) is 12.6. The first-order chi connectivity index (χ1) is 24.5. The van der Waals surface area contributed by atoms with E-state index in [-0.39, 0.29) is 30.6 Å². The molecule has 2 aliphatic heterocycles. The lowest BCUT2D eigenvalue weighted by molar-refractivity contribution is -0.125. The summed E-state index contributed by atoms with van der Waals surface area (Å²) < 4.78 is 0. The van der Waals surface area contributed by atoms with E-state index in [1.807, 2.05) is 42.2 Å². The number of nitrogens with one attached hydrogen (secondary N) is 5. The van der Waals surface area contributed by atoms with Crippen molar-refractivity contribution < 1.29 is 14.4 Å². The fourth-order valence-corrected chi connectivity index (χ4v) is 6.87. The first-order valence-corrected chi connectivity index (χ1v) is 19.2. The Morgan fingerprint density at radius 2 is 1.44 bits per heavy atom. The Bertz CT molecular complexity index is 1410. The van der Waals surface area contributed by atoms with Crippen LogP contribution in [-0.4, -0.2) is 55.5 Å². The summed E-state index contributed by atoms with van der Waals surface area (Å²) >= 11 is 0. The maximum absolute atomic E-state index is 13.8. The predicted molar refractivity (Wildman–Crippen MR) is 203 cm³/mol. The lowest BCUT2D eigenvalue weighted by Crippen LogP contribution is -2.38. The van der Waals surface area contributed by atoms with Crippen LogP contribution in [0.2, 0.25) is 0 Å². The van der Waals surface area contributed by atoms with Gasteiger partial charge in [-0.25, -0.2) is 0 Å². The number of anilines is 1. The van der Waals surface area contributed by atoms with Crippen LogP contribution >= 0.6 is 0 Å². The lowest BCUT2D eigenvalue weighted by atomic mass is 9.95. The average Bonchev–Trinajstić information content (AvgIpc) is 3.54. The topological polar surface area (TPSA) is 118 Å². The molecule has 3 amide bonds. The van der Waals surface area contributed by atoms with Crippen LogP contribution in [0.1, 0.15) is 121 Å². The molecule has 0 radical (unpaired) electrons. The summed E-state index contributed by atoms with van der Waals surface area (Å²) in [6.45, 7) is 10.6. The van der Waals surface area contributed by atoms with Gasteiger partial charge in [-0.15, -0.1) is 5.53 Å². The van der Waals surface area contributed by atoms with Crippen molar-refractivity contribution in [2.75, 3.05) is 37.6 Å². The molecule has 0 spiro atoms. The van der Waals surface area contributed by atoms with Gasteiger partial charge in [0.05, 0.1) is 23.6 Å². The number of hydrogen-bond acceptors (Lipinski definition) is 7. The highest BCUT2D eigenvalue weighted by molar-refractivity contribution is 6.02. The van der Waals surface area contributed by atoms with Crippen LogP contribution < -0.4 is 31.8 Å². The zero-order valence-corrected chi connectivity index (χ0v) is 30.8. The number of hydrogen-bond donors (Lipinski definition) is 5. The Morgan fingerprint density at radius 1 is 0.740 bits per heavy atom. The summed E-state index contributed by atoms with van der Waals surface area (Å²) in [4.78, 5) is 40.6. The molecule has 0 saturated heterocycles. The fourth-order valence-electron chi connectivity index (χ4n) is 6.87. The molecule has 50 heavy (non-hydrogen) atoms. The number of likely N-dealkylation sites (N-methyl/N-ethyl adjacent to an activating group) is 1. The first-order valence-electron chi connectivity index (χ1n) is 19.2. The number of benzene rings is 2. The molecule has 4 rings (SSSR count). The van der Waals surface area contributed by atoms with Crippen LogP contribution in [0.25, 0.3) is 11.4 Å². The monoisotopic (exact) mass is 687 g/mol. The molecule has 2 aromatic carbocycles. The van der Waals surface area contributed by atoms with E-state index in [2.05, 4.69) is 64.0 Å². The number of fused-ring (bicyclic) bond motifs is 4. The highest BCUT2D eigenvalue weighted by Crippen LogP contribution is 2.40. The number of hydrazine groups is 2. The van der Waals surface area contributed by atoms with Gasteiger partial charge in [-0.05, 0) is 43.4 Å². The number of rotatable bonds is 22. The molecular formula is C40H61N7O3. The number of carbonyl (C=O) groups is 3. The molecule has 5 N–H and O–H groups in total. The predicted octanol–water partition coefficient (Wildman–Crippen LogP) is 6.25. The van der Waals surface area contributed by atoms with Crippen molar-refractivity contribution in [1.82, 2.24) is 31.9 Å². The summed E-state index contributed by atoms with van der Waals surface area (Å²) in [5.74, 6) is 0.813. The van der Waals surface area contributed by atoms with Gasteiger partial charge in [-0.2, -0.15) is 0 Å². The van der Waals surface area contributed by atoms with Crippen LogP contribution in [0.5, 0.6) is 0 Å². The quantitative estimate of drug-likeness (QED) is 0.0929. The van der Waals surface area contributed by atoms with Crippen LogP contribution in [0.15, 0.2) is 48.5 Å². The minimum Gasteiger partial charge on any atom is -0.356 e. The van der Waals surface area contributed by atoms with Crippen molar-refractivity contribution >= 4 is 34.8 Å². The SMILES string of the molecule is CCNCCNC(=O)CCC(=O)N1Cc2ccccc2C2=C(c3ccccc31)N(CCCCCC(=O)NCCCCCCC(CC)CC)NN2. The Kier molecular flexibility index (Phi) is 16.6. The van der Waals surface area contributed by atoms with Gasteiger partial charge in [0, 0.05) is 56.6 Å². The summed E-state index contributed by atoms with van der Waals surface area (Å²) in [6.07, 6.45) is 12.2. The largest absolute Gasteiger partial charge is 0.356 e. The summed E-state index contributed by atoms with van der Waals surface area (Å²) in [7, 11) is 0. The highest BCUT2D eigenvalue weighted by atomic mass is 16.2. The molecule has 0 unspecified atom stereocenters. The third-order valence-corrected chi connectivity index (χ3v) is 9.93. The minimum atomic E-state index is -0.118. The highest BCUT2D eigenvalue weighted by Gasteiger charge is 2.32. The van der Waals surface area contributed by atoms with Crippen molar-refractivity contribution in [3.63, 3.8) is 0 Å². The van der Waals surface area contributed by atoms with E-state index in [1.54, 1.807) is 0 Å². The van der Waals surface area contributed by atoms with Gasteiger partial charge in [0.1, 0.15) is 0 Å². The fraction of sp³-hybridized carbons (Fsp3) is 0.575. The second kappa shape index (κ2) is 21.4. The van der Waals surface area contributed by atoms with Gasteiger partial charge in [0.15, 0.2) is 0 Å². The van der Waals surface area contributed by atoms with E-state index in [0.717, 1.165) is 85.0 Å². The Hall–Kier alpha value is -3.89. The van der Waals surface area contributed by atoms with E-state index in [9.17, 15) is 14.4 Å². The second-order valence-electron chi connectivity index (χ2n) is 13.5. The van der Waals surface area contributed by atoms with Gasteiger partial charge < -0.3 is 26.3 Å². The van der Waals surface area contributed by atoms with Crippen molar-refractivity contribution in [2.24, 2.45) is 5.92 Å². The molecular weight excluding hydrogens is 626 g/mol. The molecule has 0 saturated carbocycles. The molecule has 0 atom stereocenters. The van der Waals surface area contributed by atoms with E-state index >= 15 is 0 Å². The molecule has 0 fully saturated rings. The van der Waals surface area contributed by atoms with Crippen LogP contribution in [0, 0.1) is 5.92 Å². The van der Waals surface area contributed by atoms with Crippen molar-refractivity contribution in [3.05, 3.63) is 65.2 Å². The standard InChI is InChI=1S/C40H61N7O3/c1-4-31(5-2)18-10-7-8-16-26-42-36(48)23-11-9-17-29-47-40-34-21-14-15-22-35(34)46(38(50)25-24-37(49)43-28-27-41-6-3)30-32-19-12-13-20-33(32)39(40)44-45-47/h12-15,19-22,31,41,44-45H,4-11,16-18,23-30H2,1-3H3,(H,42,48)(H,43,49). The summed E-state index contributed by atoms with van der Waals surface area (Å²) in [5, 5.41) is 11.3. The van der Waals surface area contributed by atoms with Gasteiger partial charge in [-0.3, -0.25) is 19.4 Å².